The summed E-state index contributed by atoms with van der Waals surface area (Å²) in [7, 11) is 0. The molecule has 10 heteroatoms. The highest BCUT2D eigenvalue weighted by atomic mass is 19.2. The lowest BCUT2D eigenvalue weighted by atomic mass is 9.82. The minimum atomic E-state index is -1.95. The monoisotopic (exact) mass is 439 g/mol. The molecule has 2 heterocycles. The zero-order valence-corrected chi connectivity index (χ0v) is 17.1. The van der Waals surface area contributed by atoms with Crippen molar-refractivity contribution in [2.45, 2.75) is 51.2 Å². The highest BCUT2D eigenvalue weighted by Gasteiger charge is 2.49. The fourth-order valence-corrected chi connectivity index (χ4v) is 3.46. The summed E-state index contributed by atoms with van der Waals surface area (Å²) in [6, 6.07) is 3.82. The SMILES string of the molecule is CC1=N[C@](C)(c2cc(CC(=O)c3cnc(OCF)cn3)ccc2F)[C@@H](F)[C@@H]([C@@H](C)F)O1. The summed E-state index contributed by atoms with van der Waals surface area (Å²) in [4.78, 5) is 24.3. The van der Waals surface area contributed by atoms with Crippen LogP contribution in [0.5, 0.6) is 5.88 Å². The standard InChI is InChI=1S/C21H21F4N3O3/c1-11(23)19-20(25)21(3,28-12(2)31-19)14-6-13(4-5-15(14)24)7-17(29)16-8-27-18(9-26-16)30-10-22/h4-6,8-9,11,19-20H,7,10H2,1-3H3/t11-,19-,20+,21-/m1/s1. The smallest absolute Gasteiger partial charge is 0.234 e. The molecule has 0 spiro atoms. The Kier molecular flexibility index (Phi) is 6.56. The third-order valence-corrected chi connectivity index (χ3v) is 5.03. The second-order valence-electron chi connectivity index (χ2n) is 7.35. The van der Waals surface area contributed by atoms with Crippen LogP contribution in [0.15, 0.2) is 35.6 Å². The molecule has 1 aromatic carbocycles. The van der Waals surface area contributed by atoms with Crippen molar-refractivity contribution >= 4 is 11.7 Å². The van der Waals surface area contributed by atoms with Crippen LogP contribution in [0.25, 0.3) is 0 Å². The van der Waals surface area contributed by atoms with Gasteiger partial charge in [0, 0.05) is 18.9 Å². The summed E-state index contributed by atoms with van der Waals surface area (Å²) in [5.74, 6) is -1.22. The second kappa shape index (κ2) is 8.99. The molecule has 0 saturated heterocycles. The van der Waals surface area contributed by atoms with E-state index in [2.05, 4.69) is 19.7 Å². The molecular weight excluding hydrogens is 418 g/mol. The average Bonchev–Trinajstić information content (AvgIpc) is 2.72. The number of carbonyl (C=O) groups excluding carboxylic acids is 1. The third-order valence-electron chi connectivity index (χ3n) is 5.03. The summed E-state index contributed by atoms with van der Waals surface area (Å²) < 4.78 is 65.6. The van der Waals surface area contributed by atoms with Gasteiger partial charge in [-0.2, -0.15) is 0 Å². The van der Waals surface area contributed by atoms with Crippen LogP contribution >= 0.6 is 0 Å². The third kappa shape index (κ3) is 4.67. The fraction of sp³-hybridized carbons (Fsp3) is 0.429. The molecule has 0 aliphatic carbocycles. The number of hydrogen-bond acceptors (Lipinski definition) is 6. The molecule has 2 aromatic rings. The summed E-state index contributed by atoms with van der Waals surface area (Å²) >= 11 is 0. The Labute approximate surface area is 176 Å². The Bertz CT molecular complexity index is 984. The van der Waals surface area contributed by atoms with E-state index >= 15 is 4.39 Å². The number of rotatable bonds is 7. The van der Waals surface area contributed by atoms with Gasteiger partial charge in [-0.15, -0.1) is 0 Å². The van der Waals surface area contributed by atoms with E-state index in [9.17, 15) is 18.0 Å². The highest BCUT2D eigenvalue weighted by Crippen LogP contribution is 2.40. The number of ether oxygens (including phenoxy) is 2. The Morgan fingerprint density at radius 2 is 2.06 bits per heavy atom. The predicted molar refractivity (Wildman–Crippen MR) is 104 cm³/mol. The van der Waals surface area contributed by atoms with Crippen LogP contribution in [0.4, 0.5) is 17.6 Å². The van der Waals surface area contributed by atoms with Crippen molar-refractivity contribution in [1.82, 2.24) is 9.97 Å². The first kappa shape index (κ1) is 22.6. The summed E-state index contributed by atoms with van der Waals surface area (Å²) in [6.45, 7) is 2.88. The van der Waals surface area contributed by atoms with E-state index in [4.69, 9.17) is 4.74 Å². The average molecular weight is 439 g/mol. The molecule has 6 nitrogen and oxygen atoms in total. The molecule has 0 fully saturated rings. The quantitative estimate of drug-likeness (QED) is 0.480. The van der Waals surface area contributed by atoms with Crippen LogP contribution in [0.3, 0.4) is 0 Å². The van der Waals surface area contributed by atoms with Crippen molar-refractivity contribution in [3.05, 3.63) is 53.2 Å². The van der Waals surface area contributed by atoms with Gasteiger partial charge in [-0.25, -0.2) is 32.5 Å². The van der Waals surface area contributed by atoms with Crippen LogP contribution in [-0.2, 0) is 16.7 Å². The van der Waals surface area contributed by atoms with Gasteiger partial charge in [-0.1, -0.05) is 6.07 Å². The van der Waals surface area contributed by atoms with Gasteiger partial charge in [-0.05, 0) is 31.5 Å². The van der Waals surface area contributed by atoms with E-state index in [1.54, 1.807) is 0 Å². The van der Waals surface area contributed by atoms with Gasteiger partial charge in [-0.3, -0.25) is 4.79 Å². The largest absolute Gasteiger partial charge is 0.472 e. The van der Waals surface area contributed by atoms with E-state index in [0.29, 0.717) is 5.56 Å². The Balaban J connectivity index is 1.89. The second-order valence-corrected chi connectivity index (χ2v) is 7.35. The molecule has 166 valence electrons. The van der Waals surface area contributed by atoms with Crippen LogP contribution in [0.1, 0.15) is 42.4 Å². The van der Waals surface area contributed by atoms with E-state index in [0.717, 1.165) is 25.4 Å². The van der Waals surface area contributed by atoms with E-state index in [-0.39, 0.29) is 29.5 Å². The first-order valence-electron chi connectivity index (χ1n) is 9.50. The zero-order chi connectivity index (χ0) is 22.8. The van der Waals surface area contributed by atoms with E-state index in [1.807, 2.05) is 0 Å². The first-order valence-corrected chi connectivity index (χ1v) is 9.50. The topological polar surface area (TPSA) is 73.7 Å². The van der Waals surface area contributed by atoms with Gasteiger partial charge in [0.25, 0.3) is 0 Å². The first-order chi connectivity index (χ1) is 14.7. The van der Waals surface area contributed by atoms with Gasteiger partial charge >= 0.3 is 0 Å². The van der Waals surface area contributed by atoms with Crippen molar-refractivity contribution in [1.29, 1.82) is 0 Å². The fourth-order valence-electron chi connectivity index (χ4n) is 3.46. The van der Waals surface area contributed by atoms with E-state index < -0.39 is 42.4 Å². The molecule has 0 N–H and O–H groups in total. The maximum Gasteiger partial charge on any atom is 0.234 e. The number of halogens is 4. The van der Waals surface area contributed by atoms with Crippen molar-refractivity contribution in [2.75, 3.05) is 6.86 Å². The number of aliphatic imine (C=N–C) groups is 1. The number of aromatic nitrogens is 2. The number of hydrogen-bond donors (Lipinski definition) is 0. The van der Waals surface area contributed by atoms with Gasteiger partial charge in [0.2, 0.25) is 12.7 Å². The molecule has 1 aromatic heterocycles. The van der Waals surface area contributed by atoms with Gasteiger partial charge in [0.1, 0.15) is 23.2 Å². The lowest BCUT2D eigenvalue weighted by molar-refractivity contribution is -0.0223. The molecule has 0 radical (unpaired) electrons. The zero-order valence-electron chi connectivity index (χ0n) is 17.1. The Morgan fingerprint density at radius 3 is 2.68 bits per heavy atom. The number of nitrogens with zero attached hydrogens (tertiary/aromatic N) is 3. The van der Waals surface area contributed by atoms with Gasteiger partial charge < -0.3 is 9.47 Å². The summed E-state index contributed by atoms with van der Waals surface area (Å²) in [6.07, 6.45) is -2.97. The maximum absolute atomic E-state index is 15.2. The van der Waals surface area contributed by atoms with E-state index in [1.165, 1.54) is 26.0 Å². The molecular formula is C21H21F4N3O3. The highest BCUT2D eigenvalue weighted by molar-refractivity contribution is 5.95. The lowest BCUT2D eigenvalue weighted by Gasteiger charge is -2.39. The molecule has 0 saturated carbocycles. The minimum Gasteiger partial charge on any atom is -0.472 e. The van der Waals surface area contributed by atoms with Crippen LogP contribution in [-0.4, -0.2) is 47.0 Å². The van der Waals surface area contributed by atoms with Crippen LogP contribution in [0, 0.1) is 5.82 Å². The van der Waals surface area contributed by atoms with Crippen molar-refractivity contribution < 1.29 is 31.8 Å². The molecule has 0 unspecified atom stereocenters. The normalized spacial score (nSPS) is 24.2. The number of alkyl halides is 3. The Morgan fingerprint density at radius 1 is 1.32 bits per heavy atom. The summed E-state index contributed by atoms with van der Waals surface area (Å²) in [5.41, 5.74) is -1.47. The Hall–Kier alpha value is -3.04. The van der Waals surface area contributed by atoms with Crippen molar-refractivity contribution in [2.24, 2.45) is 4.99 Å². The molecule has 31 heavy (non-hydrogen) atoms. The predicted octanol–water partition coefficient (Wildman–Crippen LogP) is 4.08. The number of ketones is 1. The minimum absolute atomic E-state index is 0.00193. The number of Topliss-reactive ketones (excluding diaryl/α,β-unsaturated/α-hetero) is 1. The molecule has 1 aliphatic heterocycles. The number of carbonyl (C=O) groups is 1. The molecule has 1 aliphatic rings. The molecule has 4 atom stereocenters. The van der Waals surface area contributed by atoms with Crippen molar-refractivity contribution in [3.8, 4) is 5.88 Å². The van der Waals surface area contributed by atoms with Crippen LogP contribution < -0.4 is 4.74 Å². The number of benzene rings is 1. The summed E-state index contributed by atoms with van der Waals surface area (Å²) in [5, 5.41) is 0. The van der Waals surface area contributed by atoms with Crippen molar-refractivity contribution in [3.63, 3.8) is 0 Å². The van der Waals surface area contributed by atoms with Gasteiger partial charge in [0.15, 0.2) is 24.0 Å². The molecule has 0 bridgehead atoms. The molecule has 3 rings (SSSR count). The maximum atomic E-state index is 15.2. The van der Waals surface area contributed by atoms with Crippen LogP contribution in [0.2, 0.25) is 0 Å². The molecule has 0 amide bonds. The lowest BCUT2D eigenvalue weighted by Crippen LogP contribution is -2.50. The van der Waals surface area contributed by atoms with Gasteiger partial charge in [0.05, 0.1) is 12.4 Å².